The van der Waals surface area contributed by atoms with Crippen molar-refractivity contribution >= 4 is 45.2 Å². The number of anilines is 1. The van der Waals surface area contributed by atoms with Crippen molar-refractivity contribution in [1.82, 2.24) is 4.90 Å². The van der Waals surface area contributed by atoms with Crippen molar-refractivity contribution in [1.29, 1.82) is 0 Å². The molecule has 0 bridgehead atoms. The molecule has 1 saturated heterocycles. The maximum absolute atomic E-state index is 12.3. The maximum atomic E-state index is 12.3. The molecule has 7 heteroatoms. The molecule has 2 N–H and O–H groups in total. The topological polar surface area (TPSA) is 69.6 Å². The summed E-state index contributed by atoms with van der Waals surface area (Å²) >= 11 is 9.34. The fourth-order valence-corrected chi connectivity index (χ4v) is 3.12. The molecular formula is C14H16BrClN2O3. The monoisotopic (exact) mass is 374 g/mol. The number of carboxylic acids is 1. The molecular weight excluding hydrogens is 360 g/mol. The molecule has 0 spiro atoms. The van der Waals surface area contributed by atoms with Gasteiger partial charge in [0.1, 0.15) is 6.04 Å². The van der Waals surface area contributed by atoms with E-state index in [1.54, 1.807) is 18.2 Å². The highest BCUT2D eigenvalue weighted by molar-refractivity contribution is 9.10. The zero-order valence-corrected chi connectivity index (χ0v) is 13.8. The average Bonchev–Trinajstić information content (AvgIpc) is 2.41. The van der Waals surface area contributed by atoms with Gasteiger partial charge in [0.25, 0.3) is 0 Å². The van der Waals surface area contributed by atoms with Crippen LogP contribution in [0.1, 0.15) is 19.8 Å². The van der Waals surface area contributed by atoms with Crippen molar-refractivity contribution in [3.05, 3.63) is 27.7 Å². The van der Waals surface area contributed by atoms with Crippen LogP contribution in [0.15, 0.2) is 22.7 Å². The molecule has 1 heterocycles. The smallest absolute Gasteiger partial charge is 0.326 e. The number of nitrogens with zero attached hydrogens (tertiary/aromatic N) is 1. The fourth-order valence-electron chi connectivity index (χ4n) is 2.40. The lowest BCUT2D eigenvalue weighted by Crippen LogP contribution is -2.51. The number of likely N-dealkylation sites (tertiary alicyclic amines) is 1. The Labute approximate surface area is 136 Å². The molecule has 1 aliphatic heterocycles. The lowest BCUT2D eigenvalue weighted by Gasteiger charge is -2.35. The zero-order chi connectivity index (χ0) is 15.6. The number of benzene rings is 1. The van der Waals surface area contributed by atoms with Gasteiger partial charge in [0.2, 0.25) is 0 Å². The Balaban J connectivity index is 2.13. The Morgan fingerprint density at radius 2 is 2.19 bits per heavy atom. The van der Waals surface area contributed by atoms with E-state index in [1.807, 2.05) is 6.92 Å². The van der Waals surface area contributed by atoms with Crippen molar-refractivity contribution in [2.75, 3.05) is 11.9 Å². The van der Waals surface area contributed by atoms with Gasteiger partial charge in [-0.1, -0.05) is 34.5 Å². The van der Waals surface area contributed by atoms with Crippen molar-refractivity contribution < 1.29 is 14.7 Å². The van der Waals surface area contributed by atoms with E-state index in [2.05, 4.69) is 21.2 Å². The van der Waals surface area contributed by atoms with Crippen molar-refractivity contribution in [3.63, 3.8) is 0 Å². The lowest BCUT2D eigenvalue weighted by atomic mass is 9.93. The number of rotatable bonds is 2. The van der Waals surface area contributed by atoms with Gasteiger partial charge in [-0.2, -0.15) is 0 Å². The minimum absolute atomic E-state index is 0.298. The molecule has 2 unspecified atom stereocenters. The standard InChI is InChI=1S/C14H16BrClN2O3/c1-8-4-5-18(12(6-8)13(19)20)14(21)17-11-3-2-9(15)7-10(11)16/h2-3,7-8,12H,4-6H2,1H3,(H,17,21)(H,19,20). The summed E-state index contributed by atoms with van der Waals surface area (Å²) in [6.07, 6.45) is 1.27. The third-order valence-electron chi connectivity index (χ3n) is 3.58. The van der Waals surface area contributed by atoms with Crippen LogP contribution in [0.5, 0.6) is 0 Å². The highest BCUT2D eigenvalue weighted by atomic mass is 79.9. The quantitative estimate of drug-likeness (QED) is 0.825. The molecule has 1 aromatic rings. The number of urea groups is 1. The maximum Gasteiger partial charge on any atom is 0.326 e. The van der Waals surface area contributed by atoms with Crippen LogP contribution in [0.2, 0.25) is 5.02 Å². The summed E-state index contributed by atoms with van der Waals surface area (Å²) in [5.41, 5.74) is 0.465. The third-order valence-corrected chi connectivity index (χ3v) is 4.39. The van der Waals surface area contributed by atoms with E-state index in [0.717, 1.165) is 10.9 Å². The number of carboxylic acid groups (broad SMARTS) is 1. The first-order valence-electron chi connectivity index (χ1n) is 6.64. The molecule has 0 saturated carbocycles. The van der Waals surface area contributed by atoms with Gasteiger partial charge in [-0.3, -0.25) is 0 Å². The molecule has 1 fully saturated rings. The van der Waals surface area contributed by atoms with Crippen LogP contribution >= 0.6 is 27.5 Å². The van der Waals surface area contributed by atoms with E-state index < -0.39 is 18.0 Å². The van der Waals surface area contributed by atoms with Crippen LogP contribution < -0.4 is 5.32 Å². The minimum atomic E-state index is -0.974. The van der Waals surface area contributed by atoms with Crippen LogP contribution in [0.3, 0.4) is 0 Å². The summed E-state index contributed by atoms with van der Waals surface area (Å²) in [5.74, 6) is -0.676. The number of hydrogen-bond donors (Lipinski definition) is 2. The highest BCUT2D eigenvalue weighted by Gasteiger charge is 2.34. The predicted octanol–water partition coefficient (Wildman–Crippen LogP) is 3.82. The van der Waals surface area contributed by atoms with Gasteiger partial charge in [-0.15, -0.1) is 0 Å². The van der Waals surface area contributed by atoms with Gasteiger partial charge in [-0.25, -0.2) is 9.59 Å². The van der Waals surface area contributed by atoms with E-state index in [1.165, 1.54) is 4.90 Å². The minimum Gasteiger partial charge on any atom is -0.480 e. The van der Waals surface area contributed by atoms with E-state index in [0.29, 0.717) is 29.6 Å². The number of carbonyl (C=O) groups is 2. The summed E-state index contributed by atoms with van der Waals surface area (Å²) in [6, 6.07) is 3.88. The van der Waals surface area contributed by atoms with E-state index in [4.69, 9.17) is 11.6 Å². The fraction of sp³-hybridized carbons (Fsp3) is 0.429. The molecule has 2 amide bonds. The second-order valence-corrected chi connectivity index (χ2v) is 6.55. The first kappa shape index (κ1) is 16.1. The third kappa shape index (κ3) is 3.89. The van der Waals surface area contributed by atoms with Gasteiger partial charge >= 0.3 is 12.0 Å². The number of nitrogens with one attached hydrogen (secondary N) is 1. The zero-order valence-electron chi connectivity index (χ0n) is 11.5. The van der Waals surface area contributed by atoms with Gasteiger partial charge in [0.15, 0.2) is 0 Å². The number of aliphatic carboxylic acids is 1. The Bertz CT molecular complexity index is 567. The Morgan fingerprint density at radius 1 is 1.48 bits per heavy atom. The normalized spacial score (nSPS) is 22.0. The van der Waals surface area contributed by atoms with E-state index in [-0.39, 0.29) is 0 Å². The van der Waals surface area contributed by atoms with Gasteiger partial charge < -0.3 is 15.3 Å². The van der Waals surface area contributed by atoms with Crippen LogP contribution in [0.25, 0.3) is 0 Å². The number of hydrogen-bond acceptors (Lipinski definition) is 2. The van der Waals surface area contributed by atoms with Gasteiger partial charge in [0.05, 0.1) is 10.7 Å². The lowest BCUT2D eigenvalue weighted by molar-refractivity contribution is -0.143. The average molecular weight is 376 g/mol. The molecule has 1 aliphatic rings. The largest absolute Gasteiger partial charge is 0.480 e. The van der Waals surface area contributed by atoms with Crippen LogP contribution in [0, 0.1) is 5.92 Å². The summed E-state index contributed by atoms with van der Waals surface area (Å²) in [6.45, 7) is 2.43. The van der Waals surface area contributed by atoms with Gasteiger partial charge in [0, 0.05) is 11.0 Å². The Morgan fingerprint density at radius 3 is 2.81 bits per heavy atom. The van der Waals surface area contributed by atoms with Crippen LogP contribution in [-0.4, -0.2) is 34.6 Å². The van der Waals surface area contributed by atoms with Crippen molar-refractivity contribution in [2.45, 2.75) is 25.8 Å². The first-order chi connectivity index (χ1) is 9.88. The van der Waals surface area contributed by atoms with Crippen molar-refractivity contribution in [3.8, 4) is 0 Å². The molecule has 0 aliphatic carbocycles. The summed E-state index contributed by atoms with van der Waals surface area (Å²) < 4.78 is 0.806. The van der Waals surface area contributed by atoms with E-state index in [9.17, 15) is 14.7 Å². The Kier molecular flexibility index (Phi) is 5.11. The predicted molar refractivity (Wildman–Crippen MR) is 84.7 cm³/mol. The number of piperidine rings is 1. The second-order valence-electron chi connectivity index (χ2n) is 5.23. The highest BCUT2D eigenvalue weighted by Crippen LogP contribution is 2.28. The molecule has 2 rings (SSSR count). The molecule has 0 aromatic heterocycles. The molecule has 5 nitrogen and oxygen atoms in total. The molecule has 114 valence electrons. The molecule has 21 heavy (non-hydrogen) atoms. The SMILES string of the molecule is CC1CCN(C(=O)Nc2ccc(Br)cc2Cl)C(C(=O)O)C1. The number of carbonyl (C=O) groups excluding carboxylic acids is 1. The Hall–Kier alpha value is -1.27. The summed E-state index contributed by atoms with van der Waals surface area (Å²) in [4.78, 5) is 25.0. The number of halogens is 2. The van der Waals surface area contributed by atoms with Gasteiger partial charge in [-0.05, 0) is 37.0 Å². The van der Waals surface area contributed by atoms with E-state index >= 15 is 0 Å². The summed E-state index contributed by atoms with van der Waals surface area (Å²) in [5, 5.41) is 12.4. The van der Waals surface area contributed by atoms with Crippen LogP contribution in [-0.2, 0) is 4.79 Å². The second kappa shape index (κ2) is 6.66. The van der Waals surface area contributed by atoms with Crippen LogP contribution in [0.4, 0.5) is 10.5 Å². The molecule has 1 aromatic carbocycles. The molecule has 0 radical (unpaired) electrons. The molecule has 2 atom stereocenters. The first-order valence-corrected chi connectivity index (χ1v) is 7.81. The number of amides is 2. The summed E-state index contributed by atoms with van der Waals surface area (Å²) in [7, 11) is 0. The van der Waals surface area contributed by atoms with Crippen molar-refractivity contribution in [2.24, 2.45) is 5.92 Å².